The molecule has 1 fully saturated rings. The van der Waals surface area contributed by atoms with Gasteiger partial charge in [-0.3, -0.25) is 4.79 Å². The van der Waals surface area contributed by atoms with Gasteiger partial charge in [0.25, 0.3) is 0 Å². The molecule has 0 N–H and O–H groups in total. The quantitative estimate of drug-likeness (QED) is 0.496. The number of Topliss-reactive ketones (excluding diaryl/α,β-unsaturated/α-hetero) is 1. The molecule has 3 nitrogen and oxygen atoms in total. The van der Waals surface area contributed by atoms with Crippen LogP contribution in [0.5, 0.6) is 0 Å². The summed E-state index contributed by atoms with van der Waals surface area (Å²) in [4.78, 5) is 12.0. The summed E-state index contributed by atoms with van der Waals surface area (Å²) in [7, 11) is 0. The van der Waals surface area contributed by atoms with Gasteiger partial charge in [0, 0.05) is 12.3 Å². The van der Waals surface area contributed by atoms with E-state index in [9.17, 15) is 4.79 Å². The number of carbonyl (C=O) groups is 1. The summed E-state index contributed by atoms with van der Waals surface area (Å²) in [6.45, 7) is 14.2. The molecule has 2 aliphatic rings. The number of hydrogen-bond acceptors (Lipinski definition) is 3. The number of fused-ring (bicyclic) bond motifs is 1. The number of allylic oxidation sites excluding steroid dienone is 2. The van der Waals surface area contributed by atoms with Crippen molar-refractivity contribution in [2.75, 3.05) is 0 Å². The van der Waals surface area contributed by atoms with Gasteiger partial charge in [0.2, 0.25) is 0 Å². The van der Waals surface area contributed by atoms with Crippen molar-refractivity contribution in [3.8, 4) is 0 Å². The summed E-state index contributed by atoms with van der Waals surface area (Å²) < 4.78 is 12.3. The van der Waals surface area contributed by atoms with Crippen molar-refractivity contribution in [3.63, 3.8) is 0 Å². The van der Waals surface area contributed by atoms with Gasteiger partial charge < -0.3 is 9.47 Å². The van der Waals surface area contributed by atoms with Gasteiger partial charge in [-0.25, -0.2) is 0 Å². The van der Waals surface area contributed by atoms with Crippen LogP contribution in [-0.4, -0.2) is 23.3 Å². The largest absolute Gasteiger partial charge is 0.344 e. The van der Waals surface area contributed by atoms with E-state index in [1.807, 2.05) is 13.8 Å². The van der Waals surface area contributed by atoms with Gasteiger partial charge in [0.15, 0.2) is 11.6 Å². The summed E-state index contributed by atoms with van der Waals surface area (Å²) in [6.07, 6.45) is 5.15. The fourth-order valence-corrected chi connectivity index (χ4v) is 3.52. The Balaban J connectivity index is 2.34. The molecule has 2 atom stereocenters. The molecule has 2 rings (SSSR count). The van der Waals surface area contributed by atoms with Crippen LogP contribution in [-0.2, 0) is 14.3 Å². The molecule has 21 heavy (non-hydrogen) atoms. The van der Waals surface area contributed by atoms with Crippen molar-refractivity contribution >= 4 is 5.78 Å². The van der Waals surface area contributed by atoms with E-state index >= 15 is 0 Å². The first-order valence-corrected chi connectivity index (χ1v) is 7.87. The normalized spacial score (nSPS) is 33.1. The van der Waals surface area contributed by atoms with Crippen molar-refractivity contribution in [1.29, 1.82) is 0 Å². The SMILES string of the molecule is C=C1CCC2C(C=C(C)CCC1=O)OC(C)(C)OC2(C)C. The first-order valence-electron chi connectivity index (χ1n) is 7.87. The summed E-state index contributed by atoms with van der Waals surface area (Å²) in [5.74, 6) is -0.168. The zero-order valence-corrected chi connectivity index (χ0v) is 14.0. The van der Waals surface area contributed by atoms with Crippen LogP contribution in [0.4, 0.5) is 0 Å². The highest BCUT2D eigenvalue weighted by molar-refractivity contribution is 5.94. The minimum atomic E-state index is -0.585. The maximum Gasteiger partial charge on any atom is 0.164 e. The first kappa shape index (κ1) is 16.4. The second-order valence-electron chi connectivity index (χ2n) is 7.37. The smallest absolute Gasteiger partial charge is 0.164 e. The Kier molecular flexibility index (Phi) is 4.46. The molecule has 1 aliphatic carbocycles. The Morgan fingerprint density at radius 1 is 1.19 bits per heavy atom. The van der Waals surface area contributed by atoms with Crippen LogP contribution >= 0.6 is 0 Å². The Bertz CT molecular complexity index is 471. The zero-order valence-electron chi connectivity index (χ0n) is 14.0. The van der Waals surface area contributed by atoms with E-state index in [1.54, 1.807) is 0 Å². The van der Waals surface area contributed by atoms with E-state index in [4.69, 9.17) is 9.47 Å². The van der Waals surface area contributed by atoms with Gasteiger partial charge in [0.1, 0.15) is 0 Å². The molecule has 0 bridgehead atoms. The number of ketones is 1. The molecule has 0 saturated carbocycles. The third-order valence-corrected chi connectivity index (χ3v) is 4.56. The highest BCUT2D eigenvalue weighted by atomic mass is 16.7. The van der Waals surface area contributed by atoms with Gasteiger partial charge in [-0.05, 0) is 59.5 Å². The predicted octanol–water partition coefficient (Wildman–Crippen LogP) is 4.18. The Morgan fingerprint density at radius 2 is 1.86 bits per heavy atom. The molecule has 1 heterocycles. The summed E-state index contributed by atoms with van der Waals surface area (Å²) >= 11 is 0. The highest BCUT2D eigenvalue weighted by Gasteiger charge is 2.47. The van der Waals surface area contributed by atoms with Crippen LogP contribution in [0.1, 0.15) is 60.3 Å². The maximum absolute atomic E-state index is 12.0. The maximum atomic E-state index is 12.0. The van der Waals surface area contributed by atoms with Gasteiger partial charge >= 0.3 is 0 Å². The van der Waals surface area contributed by atoms with Crippen LogP contribution in [0.3, 0.4) is 0 Å². The van der Waals surface area contributed by atoms with E-state index in [2.05, 4.69) is 33.4 Å². The van der Waals surface area contributed by atoms with Gasteiger partial charge in [0.05, 0.1) is 11.7 Å². The van der Waals surface area contributed by atoms with E-state index in [0.717, 1.165) is 24.8 Å². The molecular weight excluding hydrogens is 264 g/mol. The standard InChI is InChI=1S/C18H28O3/c1-12-7-10-15(19)13(2)8-9-14-16(11-12)20-18(5,6)21-17(14,3)4/h11,14,16H,2,7-10H2,1,3-6H3. The topological polar surface area (TPSA) is 35.5 Å². The molecule has 2 unspecified atom stereocenters. The van der Waals surface area contributed by atoms with Gasteiger partial charge in [-0.1, -0.05) is 18.2 Å². The minimum absolute atomic E-state index is 0.0322. The second kappa shape index (κ2) is 5.69. The van der Waals surface area contributed by atoms with Crippen molar-refractivity contribution < 1.29 is 14.3 Å². The lowest BCUT2D eigenvalue weighted by molar-refractivity contribution is -0.340. The lowest BCUT2D eigenvalue weighted by atomic mass is 9.78. The van der Waals surface area contributed by atoms with E-state index in [-0.39, 0.29) is 23.4 Å². The Labute approximate surface area is 128 Å². The monoisotopic (exact) mass is 292 g/mol. The highest BCUT2D eigenvalue weighted by Crippen LogP contribution is 2.42. The van der Waals surface area contributed by atoms with Crippen molar-refractivity contribution in [2.45, 2.75) is 77.8 Å². The fraction of sp³-hybridized carbons (Fsp3) is 0.722. The molecular formula is C18H28O3. The molecule has 0 spiro atoms. The van der Waals surface area contributed by atoms with Crippen LogP contribution in [0, 0.1) is 5.92 Å². The van der Waals surface area contributed by atoms with Crippen LogP contribution in [0.15, 0.2) is 23.8 Å². The number of rotatable bonds is 0. The molecule has 0 radical (unpaired) electrons. The molecule has 3 heteroatoms. The number of carbonyl (C=O) groups excluding carboxylic acids is 1. The van der Waals surface area contributed by atoms with E-state index in [0.29, 0.717) is 6.42 Å². The van der Waals surface area contributed by atoms with Gasteiger partial charge in [-0.2, -0.15) is 0 Å². The average molecular weight is 292 g/mol. The lowest BCUT2D eigenvalue weighted by Gasteiger charge is -2.50. The summed E-state index contributed by atoms with van der Waals surface area (Å²) in [5.41, 5.74) is 1.66. The minimum Gasteiger partial charge on any atom is -0.344 e. The fourth-order valence-electron chi connectivity index (χ4n) is 3.52. The molecule has 0 amide bonds. The van der Waals surface area contributed by atoms with Crippen molar-refractivity contribution in [1.82, 2.24) is 0 Å². The Morgan fingerprint density at radius 3 is 2.52 bits per heavy atom. The van der Waals surface area contributed by atoms with E-state index in [1.165, 1.54) is 5.57 Å². The third kappa shape index (κ3) is 3.83. The van der Waals surface area contributed by atoms with Crippen molar-refractivity contribution in [2.24, 2.45) is 5.92 Å². The lowest BCUT2D eigenvalue weighted by Crippen LogP contribution is -2.55. The number of ether oxygens (including phenoxy) is 2. The summed E-state index contributed by atoms with van der Waals surface area (Å²) in [6, 6.07) is 0. The molecule has 118 valence electrons. The van der Waals surface area contributed by atoms with Crippen LogP contribution in [0.25, 0.3) is 0 Å². The first-order chi connectivity index (χ1) is 9.61. The molecule has 0 aromatic carbocycles. The molecule has 1 saturated heterocycles. The molecule has 0 aromatic heterocycles. The zero-order chi connectivity index (χ0) is 15.8. The third-order valence-electron chi connectivity index (χ3n) is 4.56. The predicted molar refractivity (Wildman–Crippen MR) is 84.0 cm³/mol. The number of hydrogen-bond donors (Lipinski definition) is 0. The molecule has 0 aromatic rings. The average Bonchev–Trinajstić information content (AvgIpc) is 2.31. The van der Waals surface area contributed by atoms with Crippen LogP contribution < -0.4 is 0 Å². The second-order valence-corrected chi connectivity index (χ2v) is 7.37. The van der Waals surface area contributed by atoms with Crippen molar-refractivity contribution in [3.05, 3.63) is 23.8 Å². The molecule has 1 aliphatic heterocycles. The van der Waals surface area contributed by atoms with E-state index < -0.39 is 5.79 Å². The van der Waals surface area contributed by atoms with Gasteiger partial charge in [-0.15, -0.1) is 0 Å². The van der Waals surface area contributed by atoms with Crippen LogP contribution in [0.2, 0.25) is 0 Å². The summed E-state index contributed by atoms with van der Waals surface area (Å²) in [5, 5.41) is 0. The Hall–Kier alpha value is -0.930.